The molecule has 0 bridgehead atoms. The summed E-state index contributed by atoms with van der Waals surface area (Å²) in [7, 11) is 3.47. The van der Waals surface area contributed by atoms with Crippen LogP contribution in [0.1, 0.15) is 23.2 Å². The van der Waals surface area contributed by atoms with E-state index in [4.69, 9.17) is 4.74 Å². The number of ether oxygens (including phenoxy) is 1. The molecule has 2 aromatic rings. The third kappa shape index (κ3) is 2.00. The van der Waals surface area contributed by atoms with Crippen LogP contribution in [0.25, 0.3) is 5.65 Å². The molecule has 2 heterocycles. The summed E-state index contributed by atoms with van der Waals surface area (Å²) in [6.45, 7) is 0. The molecular formula is C13H17N5O2. The highest BCUT2D eigenvalue weighted by atomic mass is 16.5. The monoisotopic (exact) mass is 275 g/mol. The van der Waals surface area contributed by atoms with E-state index in [0.717, 1.165) is 18.7 Å². The number of carbonyl (C=O) groups is 1. The first-order valence-corrected chi connectivity index (χ1v) is 6.58. The number of anilines is 1. The number of amides is 1. The molecule has 0 aliphatic heterocycles. The Labute approximate surface area is 116 Å². The highest BCUT2D eigenvalue weighted by molar-refractivity contribution is 6.00. The summed E-state index contributed by atoms with van der Waals surface area (Å²) in [6, 6.07) is 1.88. The van der Waals surface area contributed by atoms with E-state index in [1.165, 1.54) is 0 Å². The van der Waals surface area contributed by atoms with Crippen LogP contribution >= 0.6 is 0 Å². The lowest BCUT2D eigenvalue weighted by atomic mass is 9.89. The minimum Gasteiger partial charge on any atom is -0.379 e. The maximum atomic E-state index is 12.3. The third-order valence-electron chi connectivity index (χ3n) is 3.73. The number of rotatable bonds is 4. The lowest BCUT2D eigenvalue weighted by Gasteiger charge is -2.35. The molecule has 106 valence electrons. The average Bonchev–Trinajstić information content (AvgIpc) is 2.87. The van der Waals surface area contributed by atoms with Crippen LogP contribution in [-0.2, 0) is 4.74 Å². The predicted octanol–water partition coefficient (Wildman–Crippen LogP) is 0.678. The van der Waals surface area contributed by atoms with Gasteiger partial charge in [-0.25, -0.2) is 4.98 Å². The van der Waals surface area contributed by atoms with Crippen molar-refractivity contribution in [3.8, 4) is 0 Å². The molecule has 2 unspecified atom stereocenters. The Kier molecular flexibility index (Phi) is 3.27. The van der Waals surface area contributed by atoms with Crippen molar-refractivity contribution < 1.29 is 9.53 Å². The largest absolute Gasteiger partial charge is 0.379 e. The van der Waals surface area contributed by atoms with E-state index in [1.54, 1.807) is 37.1 Å². The van der Waals surface area contributed by atoms with Gasteiger partial charge in [0.05, 0.1) is 18.3 Å². The van der Waals surface area contributed by atoms with Gasteiger partial charge in [0.25, 0.3) is 5.91 Å². The Balaban J connectivity index is 1.85. The molecular weight excluding hydrogens is 258 g/mol. The van der Waals surface area contributed by atoms with Crippen molar-refractivity contribution in [2.24, 2.45) is 0 Å². The quantitative estimate of drug-likeness (QED) is 0.857. The lowest BCUT2D eigenvalue weighted by molar-refractivity contribution is 0.00732. The number of nitrogens with zero attached hydrogens (tertiary/aromatic N) is 3. The third-order valence-corrected chi connectivity index (χ3v) is 3.73. The van der Waals surface area contributed by atoms with E-state index in [-0.39, 0.29) is 18.1 Å². The van der Waals surface area contributed by atoms with Crippen molar-refractivity contribution in [3.63, 3.8) is 0 Å². The fourth-order valence-electron chi connectivity index (χ4n) is 2.40. The summed E-state index contributed by atoms with van der Waals surface area (Å²) in [6.07, 6.45) is 5.23. The van der Waals surface area contributed by atoms with Crippen molar-refractivity contribution in [1.82, 2.24) is 19.9 Å². The maximum Gasteiger partial charge on any atom is 0.257 e. The van der Waals surface area contributed by atoms with E-state index < -0.39 is 0 Å². The van der Waals surface area contributed by atoms with Crippen LogP contribution < -0.4 is 10.6 Å². The number of carbonyl (C=O) groups excluding carboxylic acids is 1. The molecule has 2 N–H and O–H groups in total. The van der Waals surface area contributed by atoms with Crippen molar-refractivity contribution in [3.05, 3.63) is 24.0 Å². The molecule has 0 saturated heterocycles. The molecule has 0 aromatic carbocycles. The second kappa shape index (κ2) is 5.09. The summed E-state index contributed by atoms with van der Waals surface area (Å²) >= 11 is 0. The van der Waals surface area contributed by atoms with Gasteiger partial charge in [0.1, 0.15) is 11.4 Å². The minimum atomic E-state index is -0.160. The second-order valence-electron chi connectivity index (χ2n) is 4.81. The second-order valence-corrected chi connectivity index (χ2v) is 4.81. The molecule has 7 nitrogen and oxygen atoms in total. The zero-order chi connectivity index (χ0) is 14.1. The highest BCUT2D eigenvalue weighted by Gasteiger charge is 2.32. The zero-order valence-corrected chi connectivity index (χ0v) is 11.5. The van der Waals surface area contributed by atoms with Crippen molar-refractivity contribution in [1.29, 1.82) is 0 Å². The molecule has 1 aliphatic rings. The van der Waals surface area contributed by atoms with Gasteiger partial charge < -0.3 is 15.4 Å². The van der Waals surface area contributed by atoms with Crippen molar-refractivity contribution in [2.75, 3.05) is 19.5 Å². The molecule has 20 heavy (non-hydrogen) atoms. The molecule has 0 spiro atoms. The number of nitrogens with one attached hydrogen (secondary N) is 2. The van der Waals surface area contributed by atoms with Crippen LogP contribution in [0.15, 0.2) is 18.5 Å². The van der Waals surface area contributed by atoms with Gasteiger partial charge in [0, 0.05) is 20.4 Å². The Hall–Kier alpha value is -2.15. The summed E-state index contributed by atoms with van der Waals surface area (Å²) < 4.78 is 6.89. The van der Waals surface area contributed by atoms with Crippen molar-refractivity contribution in [2.45, 2.75) is 25.0 Å². The van der Waals surface area contributed by atoms with Gasteiger partial charge in [0.15, 0.2) is 5.65 Å². The molecule has 0 radical (unpaired) electrons. The van der Waals surface area contributed by atoms with Crippen LogP contribution in [-0.4, -0.2) is 46.8 Å². The SMILES string of the molecule is CNc1ccnc2c(C(=O)NC3CCC3OC)cnn12. The number of methoxy groups -OCH3 is 1. The van der Waals surface area contributed by atoms with E-state index in [9.17, 15) is 4.79 Å². The van der Waals surface area contributed by atoms with E-state index in [0.29, 0.717) is 11.2 Å². The Bertz CT molecular complexity index is 637. The number of hydrogen-bond acceptors (Lipinski definition) is 5. The molecule has 7 heteroatoms. The molecule has 3 rings (SSSR count). The Morgan fingerprint density at radius 3 is 3.00 bits per heavy atom. The fraction of sp³-hybridized carbons (Fsp3) is 0.462. The van der Waals surface area contributed by atoms with Gasteiger partial charge in [-0.3, -0.25) is 4.79 Å². The average molecular weight is 275 g/mol. The van der Waals surface area contributed by atoms with E-state index >= 15 is 0 Å². The molecule has 1 amide bonds. The standard InChI is InChI=1S/C13H17N5O2/c1-14-11-5-6-15-12-8(7-16-18(11)12)13(19)17-9-3-4-10(9)20-2/h5-7,9-10,14H,3-4H2,1-2H3,(H,17,19). The molecule has 2 atom stereocenters. The Morgan fingerprint density at radius 1 is 1.50 bits per heavy atom. The molecule has 2 aromatic heterocycles. The van der Waals surface area contributed by atoms with Crippen molar-refractivity contribution >= 4 is 17.4 Å². The smallest absolute Gasteiger partial charge is 0.257 e. The lowest BCUT2D eigenvalue weighted by Crippen LogP contribution is -2.51. The molecule has 1 fully saturated rings. The number of hydrogen-bond donors (Lipinski definition) is 2. The van der Waals surface area contributed by atoms with Gasteiger partial charge in [-0.05, 0) is 18.9 Å². The fourth-order valence-corrected chi connectivity index (χ4v) is 2.40. The maximum absolute atomic E-state index is 12.3. The van der Waals surface area contributed by atoms with E-state index in [1.807, 2.05) is 0 Å². The normalized spacial score (nSPS) is 21.5. The summed E-state index contributed by atoms with van der Waals surface area (Å²) in [4.78, 5) is 16.5. The highest BCUT2D eigenvalue weighted by Crippen LogP contribution is 2.23. The van der Waals surface area contributed by atoms with Crippen LogP contribution in [0.3, 0.4) is 0 Å². The minimum absolute atomic E-state index is 0.0786. The van der Waals surface area contributed by atoms with Crippen LogP contribution in [0, 0.1) is 0 Å². The van der Waals surface area contributed by atoms with Crippen LogP contribution in [0.5, 0.6) is 0 Å². The van der Waals surface area contributed by atoms with Crippen LogP contribution in [0.4, 0.5) is 5.82 Å². The number of fused-ring (bicyclic) bond motifs is 1. The first-order valence-electron chi connectivity index (χ1n) is 6.58. The summed E-state index contributed by atoms with van der Waals surface area (Å²) in [5.74, 6) is 0.625. The molecule has 1 aliphatic carbocycles. The molecule has 1 saturated carbocycles. The summed E-state index contributed by atoms with van der Waals surface area (Å²) in [5.41, 5.74) is 1.02. The summed E-state index contributed by atoms with van der Waals surface area (Å²) in [5, 5.41) is 10.2. The zero-order valence-electron chi connectivity index (χ0n) is 11.5. The van der Waals surface area contributed by atoms with Crippen LogP contribution in [0.2, 0.25) is 0 Å². The van der Waals surface area contributed by atoms with E-state index in [2.05, 4.69) is 20.7 Å². The predicted molar refractivity (Wildman–Crippen MR) is 73.8 cm³/mol. The van der Waals surface area contributed by atoms with Gasteiger partial charge >= 0.3 is 0 Å². The van der Waals surface area contributed by atoms with Gasteiger partial charge in [0.2, 0.25) is 0 Å². The first kappa shape index (κ1) is 12.9. The topological polar surface area (TPSA) is 80.5 Å². The Morgan fingerprint density at radius 2 is 2.35 bits per heavy atom. The number of aromatic nitrogens is 3. The van der Waals surface area contributed by atoms with Gasteiger partial charge in [-0.15, -0.1) is 0 Å². The first-order chi connectivity index (χ1) is 9.74. The van der Waals surface area contributed by atoms with Gasteiger partial charge in [-0.1, -0.05) is 0 Å². The van der Waals surface area contributed by atoms with Gasteiger partial charge in [-0.2, -0.15) is 9.61 Å².